The zero-order valence-electron chi connectivity index (χ0n) is 36.2. The maximum absolute atomic E-state index is 14.5. The van der Waals surface area contributed by atoms with Crippen molar-refractivity contribution < 1.29 is 57.5 Å². The Morgan fingerprint density at radius 3 is 2.47 bits per heavy atom. The second-order valence-corrected chi connectivity index (χ2v) is 17.2. The van der Waals surface area contributed by atoms with Gasteiger partial charge in [-0.2, -0.15) is 4.98 Å². The number of nitrogens with zero attached hydrogens (tertiary/aromatic N) is 4. The van der Waals surface area contributed by atoms with Crippen LogP contribution in [0.4, 0.5) is 6.01 Å². The number of oxime groups is 1. The molecule has 0 unspecified atom stereocenters. The van der Waals surface area contributed by atoms with Gasteiger partial charge < -0.3 is 53.8 Å². The molecule has 59 heavy (non-hydrogen) atoms. The van der Waals surface area contributed by atoms with Crippen LogP contribution < -0.4 is 5.73 Å². The molecule has 13 atom stereocenters. The lowest BCUT2D eigenvalue weighted by atomic mass is 9.73. The highest BCUT2D eigenvalue weighted by atomic mass is 16.7. The Morgan fingerprint density at radius 2 is 1.81 bits per heavy atom. The lowest BCUT2D eigenvalue weighted by molar-refractivity contribution is -0.296. The van der Waals surface area contributed by atoms with Gasteiger partial charge in [-0.3, -0.25) is 14.4 Å². The molecule has 3 fully saturated rings. The monoisotopic (exact) mass is 829 g/mol. The van der Waals surface area contributed by atoms with Crippen molar-refractivity contribution in [3.63, 3.8) is 0 Å². The molecular weight excluding hydrogens is 766 g/mol. The van der Waals surface area contributed by atoms with E-state index in [1.807, 2.05) is 32.8 Å². The van der Waals surface area contributed by atoms with Crippen molar-refractivity contribution in [1.29, 1.82) is 0 Å². The first-order chi connectivity index (χ1) is 27.7. The van der Waals surface area contributed by atoms with Gasteiger partial charge in [0.1, 0.15) is 41.6 Å². The van der Waals surface area contributed by atoms with E-state index >= 15 is 0 Å². The van der Waals surface area contributed by atoms with Crippen LogP contribution in [0.5, 0.6) is 0 Å². The highest BCUT2D eigenvalue weighted by molar-refractivity contribution is 6.00. The minimum absolute atomic E-state index is 0.0264. The number of oxazole rings is 1. The third-order valence-corrected chi connectivity index (χ3v) is 12.0. The first-order valence-corrected chi connectivity index (χ1v) is 20.5. The van der Waals surface area contributed by atoms with Gasteiger partial charge in [0.2, 0.25) is 5.91 Å². The number of cyclic esters (lactones) is 1. The van der Waals surface area contributed by atoms with Gasteiger partial charge in [0.25, 0.3) is 6.01 Å². The van der Waals surface area contributed by atoms with Gasteiger partial charge >= 0.3 is 5.97 Å². The summed E-state index contributed by atoms with van der Waals surface area (Å²) in [4.78, 5) is 57.6. The first kappa shape index (κ1) is 46.2. The average Bonchev–Trinajstić information content (AvgIpc) is 3.54. The normalized spacial score (nSPS) is 38.2. The number of carbonyl (C=O) groups excluding carboxylic acids is 3. The van der Waals surface area contributed by atoms with Gasteiger partial charge in [-0.1, -0.05) is 38.9 Å². The second kappa shape index (κ2) is 18.8. The van der Waals surface area contributed by atoms with E-state index in [1.54, 1.807) is 45.9 Å². The number of esters is 1. The number of hydrogen-bond acceptors (Lipinski definition) is 16. The van der Waals surface area contributed by atoms with Gasteiger partial charge in [0.15, 0.2) is 17.7 Å². The number of hydrogen-bond donors (Lipinski definition) is 3. The van der Waals surface area contributed by atoms with Crippen LogP contribution in [0.25, 0.3) is 11.1 Å². The molecule has 0 spiro atoms. The highest BCUT2D eigenvalue weighted by Gasteiger charge is 2.53. The minimum Gasteiger partial charge on any atom is -0.459 e. The molecule has 0 saturated carbocycles. The summed E-state index contributed by atoms with van der Waals surface area (Å²) in [6.45, 7) is 14.7. The van der Waals surface area contributed by atoms with Crippen molar-refractivity contribution in [2.24, 2.45) is 33.8 Å². The van der Waals surface area contributed by atoms with Crippen molar-refractivity contribution in [2.75, 3.05) is 33.0 Å². The number of likely N-dealkylation sites (N-methyl/N-ethyl adjacent to an activating group) is 1. The number of nitrogens with two attached hydrogens (primary N) is 1. The van der Waals surface area contributed by atoms with Crippen LogP contribution in [-0.4, -0.2) is 131 Å². The van der Waals surface area contributed by atoms with E-state index < -0.39 is 83.2 Å². The summed E-state index contributed by atoms with van der Waals surface area (Å²) < 4.78 is 37.8. The summed E-state index contributed by atoms with van der Waals surface area (Å²) in [5.41, 5.74) is 4.93. The maximum Gasteiger partial charge on any atom is 0.316 e. The van der Waals surface area contributed by atoms with Gasteiger partial charge in [-0.15, -0.1) is 0 Å². The molecule has 1 amide bonds. The second-order valence-electron chi connectivity index (χ2n) is 17.2. The number of ketones is 1. The Bertz CT molecular complexity index is 1880. The molecule has 17 heteroatoms. The SMILES string of the molecule is CC[C@H]1OC(=O)[C@H](C)C(=O)[C@H](C)[C@@H](O[C@@H]2O[C@H](C)C[C@H](N(C)C)[C@H]2O)[C@@]2(C)C[C@@H](C)C(=NC(C)=O)[C@H](C)[C@@H](OC/C(=N\OCc3ccc4oc(N)nc4c3)CO2)[C@]1(C)O. The smallest absolute Gasteiger partial charge is 0.316 e. The molecule has 4 heterocycles. The maximum atomic E-state index is 14.5. The van der Waals surface area contributed by atoms with E-state index in [-0.39, 0.29) is 56.5 Å². The molecule has 1 aromatic carbocycles. The number of ether oxygens (including phenoxy) is 5. The molecule has 328 valence electrons. The molecule has 1 aromatic heterocycles. The van der Waals surface area contributed by atoms with Crippen LogP contribution in [0.2, 0.25) is 0 Å². The Morgan fingerprint density at radius 1 is 1.10 bits per heavy atom. The number of Topliss-reactive ketones (excluding diaryl/α,β-unsaturated/α-hetero) is 1. The lowest BCUT2D eigenvalue weighted by Gasteiger charge is -2.47. The molecule has 17 nitrogen and oxygen atoms in total. The van der Waals surface area contributed by atoms with E-state index in [4.69, 9.17) is 38.7 Å². The molecule has 3 saturated heterocycles. The summed E-state index contributed by atoms with van der Waals surface area (Å²) in [6, 6.07) is 4.99. The standard InChI is InChI=1S/C42H63N5O12/c1-12-32-42(9,52)37-23(4)33(44-26(7)48)21(2)17-41(8,54-20-28(19-53-37)46-55-18-27-13-14-31-29(16-27)45-40(43)57-31)36(24(5)34(49)25(6)38(51)58-32)59-39-35(50)30(47(10)11)15-22(3)56-39/h13-14,16,21-25,30,32,35-37,39,50,52H,12,15,17-20H2,1-11H3,(H2,43,45)/b44-33?,46-28+/t21-,22-,23+,24+,25-,30+,32-,35-,36-,37-,39+,41-,42-/m1/s1. The molecule has 0 aliphatic carbocycles. The van der Waals surface area contributed by atoms with E-state index in [0.717, 1.165) is 5.56 Å². The molecular formula is C42H63N5O12. The summed E-state index contributed by atoms with van der Waals surface area (Å²) in [6.07, 6.45) is -5.20. The number of aliphatic hydroxyl groups excluding tert-OH is 1. The first-order valence-electron chi connectivity index (χ1n) is 20.5. The number of aliphatic hydroxyl groups is 2. The van der Waals surface area contributed by atoms with Gasteiger partial charge in [-0.05, 0) is 84.7 Å². The Kier molecular flexibility index (Phi) is 14.8. The number of aliphatic imine (C=N–C) groups is 1. The Hall–Kier alpha value is -3.84. The van der Waals surface area contributed by atoms with Crippen LogP contribution >= 0.6 is 0 Å². The summed E-state index contributed by atoms with van der Waals surface area (Å²) in [5, 5.41) is 28.5. The van der Waals surface area contributed by atoms with Crippen LogP contribution in [0.15, 0.2) is 32.8 Å². The molecule has 2 bridgehead atoms. The Labute approximate surface area is 345 Å². The predicted octanol–water partition coefficient (Wildman–Crippen LogP) is 3.85. The zero-order chi connectivity index (χ0) is 43.6. The number of nitrogen functional groups attached to an aromatic ring is 1. The van der Waals surface area contributed by atoms with E-state index in [9.17, 15) is 24.6 Å². The van der Waals surface area contributed by atoms with Crippen molar-refractivity contribution in [3.05, 3.63) is 23.8 Å². The number of fused-ring (bicyclic) bond motifs is 6. The topological polar surface area (TPSA) is 227 Å². The van der Waals surface area contributed by atoms with E-state index in [2.05, 4.69) is 15.1 Å². The number of carbonyl (C=O) groups is 3. The summed E-state index contributed by atoms with van der Waals surface area (Å²) >= 11 is 0. The van der Waals surface area contributed by atoms with E-state index in [0.29, 0.717) is 23.2 Å². The van der Waals surface area contributed by atoms with Crippen LogP contribution in [0.3, 0.4) is 0 Å². The third-order valence-electron chi connectivity index (χ3n) is 12.0. The van der Waals surface area contributed by atoms with Crippen LogP contribution in [-0.2, 0) is 49.5 Å². The number of anilines is 1. The fourth-order valence-corrected chi connectivity index (χ4v) is 8.88. The molecule has 3 aliphatic heterocycles. The Balaban J connectivity index is 1.66. The number of rotatable bonds is 7. The fraction of sp³-hybridized carbons (Fsp3) is 0.714. The van der Waals surface area contributed by atoms with Gasteiger partial charge in [0.05, 0.1) is 37.1 Å². The fourth-order valence-electron chi connectivity index (χ4n) is 8.88. The van der Waals surface area contributed by atoms with Crippen molar-refractivity contribution in [1.82, 2.24) is 9.88 Å². The minimum atomic E-state index is -1.86. The predicted molar refractivity (Wildman–Crippen MR) is 217 cm³/mol. The number of benzene rings is 1. The summed E-state index contributed by atoms with van der Waals surface area (Å²) in [7, 11) is 3.72. The average molecular weight is 830 g/mol. The molecule has 4 N–H and O–H groups in total. The third kappa shape index (κ3) is 10.4. The number of amides is 1. The summed E-state index contributed by atoms with van der Waals surface area (Å²) in [5.74, 6) is -5.38. The molecule has 5 rings (SSSR count). The lowest BCUT2D eigenvalue weighted by Crippen LogP contribution is -2.60. The van der Waals surface area contributed by atoms with Crippen molar-refractivity contribution in [3.8, 4) is 0 Å². The van der Waals surface area contributed by atoms with Crippen molar-refractivity contribution in [2.45, 2.75) is 142 Å². The van der Waals surface area contributed by atoms with Crippen LogP contribution in [0, 0.1) is 23.7 Å². The van der Waals surface area contributed by atoms with Gasteiger partial charge in [0, 0.05) is 30.5 Å². The van der Waals surface area contributed by atoms with Crippen molar-refractivity contribution >= 4 is 46.2 Å². The largest absolute Gasteiger partial charge is 0.459 e. The molecule has 2 aromatic rings. The quantitative estimate of drug-likeness (QED) is 0.205. The molecule has 0 radical (unpaired) electrons. The highest BCUT2D eigenvalue weighted by Crippen LogP contribution is 2.40. The van der Waals surface area contributed by atoms with E-state index in [1.165, 1.54) is 20.8 Å². The van der Waals surface area contributed by atoms with Gasteiger partial charge in [-0.25, -0.2) is 4.99 Å². The molecule has 3 aliphatic rings. The zero-order valence-corrected chi connectivity index (χ0v) is 36.2. The number of aromatic nitrogens is 1. The van der Waals surface area contributed by atoms with Crippen LogP contribution in [0.1, 0.15) is 87.1 Å².